The molecule has 1 amide bonds. The second kappa shape index (κ2) is 12.2. The molecule has 0 aliphatic carbocycles. The lowest BCUT2D eigenvalue weighted by atomic mass is 10.1. The standard InChI is InChI=1S/C16H21N3O3.C2HF3O2/c1-3-4-6-15(20)18-12-7-8-14(13(11-12)16(21)22)19(2)10-5-9-17;3-2(4,5)1(6)7/h7-8,11H,3-6,10H2,1-2H3,(H,18,20)(H,21,22);(H,6,7). The van der Waals surface area contributed by atoms with Gasteiger partial charge in [-0.1, -0.05) is 13.3 Å². The number of anilines is 2. The number of carbonyl (C=O) groups excluding carboxylic acids is 1. The van der Waals surface area contributed by atoms with E-state index in [-0.39, 0.29) is 11.5 Å². The third kappa shape index (κ3) is 9.99. The molecular weight excluding hydrogens is 395 g/mol. The molecule has 0 saturated carbocycles. The summed E-state index contributed by atoms with van der Waals surface area (Å²) in [7, 11) is 1.73. The van der Waals surface area contributed by atoms with Crippen molar-refractivity contribution in [2.45, 2.75) is 38.8 Å². The number of aromatic carboxylic acids is 1. The summed E-state index contributed by atoms with van der Waals surface area (Å²) in [6.45, 7) is 2.45. The molecule has 0 unspecified atom stereocenters. The first-order valence-electron chi connectivity index (χ1n) is 8.49. The van der Waals surface area contributed by atoms with Crippen LogP contribution in [-0.4, -0.2) is 47.8 Å². The number of hydrogen-bond donors (Lipinski definition) is 3. The van der Waals surface area contributed by atoms with Crippen molar-refractivity contribution in [2.24, 2.45) is 0 Å². The molecule has 0 fully saturated rings. The maximum Gasteiger partial charge on any atom is 0.490 e. The molecule has 1 aromatic carbocycles. The van der Waals surface area contributed by atoms with Gasteiger partial charge >= 0.3 is 18.1 Å². The third-order valence-corrected chi connectivity index (χ3v) is 3.48. The first kappa shape index (κ1) is 25.7. The minimum absolute atomic E-state index is 0.105. The number of nitrogens with zero attached hydrogens (tertiary/aromatic N) is 2. The van der Waals surface area contributed by atoms with E-state index in [1.165, 1.54) is 6.07 Å². The number of amides is 1. The van der Waals surface area contributed by atoms with Crippen LogP contribution in [0.3, 0.4) is 0 Å². The van der Waals surface area contributed by atoms with Gasteiger partial charge in [0, 0.05) is 25.7 Å². The van der Waals surface area contributed by atoms with E-state index >= 15 is 0 Å². The molecule has 1 rings (SSSR count). The molecule has 0 aliphatic rings. The van der Waals surface area contributed by atoms with Crippen molar-refractivity contribution >= 4 is 29.2 Å². The number of halogens is 3. The molecule has 0 aliphatic heterocycles. The van der Waals surface area contributed by atoms with E-state index in [1.807, 2.05) is 13.0 Å². The van der Waals surface area contributed by atoms with Gasteiger partial charge in [0.1, 0.15) is 0 Å². The van der Waals surface area contributed by atoms with E-state index in [4.69, 9.17) is 15.2 Å². The summed E-state index contributed by atoms with van der Waals surface area (Å²) in [5, 5.41) is 27.8. The average molecular weight is 417 g/mol. The van der Waals surface area contributed by atoms with Crippen LogP contribution in [0.1, 0.15) is 43.0 Å². The fraction of sp³-hybridized carbons (Fsp3) is 0.444. The van der Waals surface area contributed by atoms with Crippen LogP contribution in [0.5, 0.6) is 0 Å². The van der Waals surface area contributed by atoms with Gasteiger partial charge in [-0.25, -0.2) is 9.59 Å². The lowest BCUT2D eigenvalue weighted by Gasteiger charge is -2.20. The zero-order chi connectivity index (χ0) is 22.6. The van der Waals surface area contributed by atoms with E-state index in [1.54, 1.807) is 24.1 Å². The second-order valence-corrected chi connectivity index (χ2v) is 5.82. The molecule has 29 heavy (non-hydrogen) atoms. The summed E-state index contributed by atoms with van der Waals surface area (Å²) in [5.41, 5.74) is 1.10. The molecule has 160 valence electrons. The normalized spacial score (nSPS) is 10.2. The van der Waals surface area contributed by atoms with Gasteiger partial charge in [0.2, 0.25) is 5.91 Å². The van der Waals surface area contributed by atoms with Crippen LogP contribution in [0, 0.1) is 11.3 Å². The highest BCUT2D eigenvalue weighted by Gasteiger charge is 2.38. The van der Waals surface area contributed by atoms with E-state index in [9.17, 15) is 27.9 Å². The van der Waals surface area contributed by atoms with Crippen molar-refractivity contribution in [3.63, 3.8) is 0 Å². The highest BCUT2D eigenvalue weighted by molar-refractivity contribution is 5.98. The van der Waals surface area contributed by atoms with Crippen LogP contribution in [0.15, 0.2) is 18.2 Å². The Morgan fingerprint density at radius 1 is 1.24 bits per heavy atom. The highest BCUT2D eigenvalue weighted by Crippen LogP contribution is 2.24. The maximum atomic E-state index is 11.7. The average Bonchev–Trinajstić information content (AvgIpc) is 2.64. The van der Waals surface area contributed by atoms with Gasteiger partial charge in [0.05, 0.1) is 23.7 Å². The number of nitrogens with one attached hydrogen (secondary N) is 1. The van der Waals surface area contributed by atoms with Gasteiger partial charge in [0.15, 0.2) is 0 Å². The Balaban J connectivity index is 0.000000956. The molecule has 0 saturated heterocycles. The minimum atomic E-state index is -5.08. The number of carbonyl (C=O) groups is 3. The third-order valence-electron chi connectivity index (χ3n) is 3.48. The molecular formula is C18H22F3N3O5. The molecule has 0 radical (unpaired) electrons. The van der Waals surface area contributed by atoms with Gasteiger partial charge in [-0.05, 0) is 24.6 Å². The summed E-state index contributed by atoms with van der Waals surface area (Å²) >= 11 is 0. The molecule has 0 aromatic heterocycles. The van der Waals surface area contributed by atoms with Gasteiger partial charge < -0.3 is 20.4 Å². The fourth-order valence-corrected chi connectivity index (χ4v) is 2.02. The summed E-state index contributed by atoms with van der Waals surface area (Å²) < 4.78 is 31.7. The molecule has 0 heterocycles. The summed E-state index contributed by atoms with van der Waals surface area (Å²) in [4.78, 5) is 33.7. The Morgan fingerprint density at radius 3 is 2.28 bits per heavy atom. The van der Waals surface area contributed by atoms with Crippen LogP contribution < -0.4 is 10.2 Å². The predicted molar refractivity (Wildman–Crippen MR) is 98.7 cm³/mol. The molecule has 1 aromatic rings. The summed E-state index contributed by atoms with van der Waals surface area (Å²) in [5.74, 6) is -3.94. The minimum Gasteiger partial charge on any atom is -0.478 e. The first-order chi connectivity index (χ1) is 13.4. The molecule has 0 spiro atoms. The Hall–Kier alpha value is -3.29. The van der Waals surface area contributed by atoms with E-state index in [2.05, 4.69) is 5.32 Å². The zero-order valence-corrected chi connectivity index (χ0v) is 15.9. The maximum absolute atomic E-state index is 11.7. The van der Waals surface area contributed by atoms with Crippen molar-refractivity contribution in [3.05, 3.63) is 23.8 Å². The van der Waals surface area contributed by atoms with Gasteiger partial charge in [-0.2, -0.15) is 18.4 Å². The monoisotopic (exact) mass is 417 g/mol. The number of carboxylic acids is 2. The van der Waals surface area contributed by atoms with Gasteiger partial charge in [0.25, 0.3) is 0 Å². The Labute approximate surface area is 165 Å². The van der Waals surface area contributed by atoms with E-state index < -0.39 is 18.1 Å². The Bertz CT molecular complexity index is 760. The van der Waals surface area contributed by atoms with Crippen molar-refractivity contribution < 1.29 is 37.8 Å². The van der Waals surface area contributed by atoms with Crippen LogP contribution >= 0.6 is 0 Å². The number of aliphatic carboxylic acids is 1. The van der Waals surface area contributed by atoms with Gasteiger partial charge in [-0.15, -0.1) is 0 Å². The Morgan fingerprint density at radius 2 is 1.83 bits per heavy atom. The predicted octanol–water partition coefficient (Wildman–Crippen LogP) is 3.50. The summed E-state index contributed by atoms with van der Waals surface area (Å²) in [6, 6.07) is 6.80. The molecule has 11 heteroatoms. The number of hydrogen-bond acceptors (Lipinski definition) is 5. The number of nitriles is 1. The first-order valence-corrected chi connectivity index (χ1v) is 8.49. The van der Waals surface area contributed by atoms with Crippen LogP contribution in [0.25, 0.3) is 0 Å². The van der Waals surface area contributed by atoms with E-state index in [0.717, 1.165) is 12.8 Å². The van der Waals surface area contributed by atoms with Crippen molar-refractivity contribution in [1.82, 2.24) is 0 Å². The number of carboxylic acid groups (broad SMARTS) is 2. The molecule has 3 N–H and O–H groups in total. The zero-order valence-electron chi connectivity index (χ0n) is 15.9. The van der Waals surface area contributed by atoms with Crippen molar-refractivity contribution in [3.8, 4) is 6.07 Å². The van der Waals surface area contributed by atoms with E-state index in [0.29, 0.717) is 30.8 Å². The number of rotatable bonds is 8. The smallest absolute Gasteiger partial charge is 0.478 e. The topological polar surface area (TPSA) is 131 Å². The summed E-state index contributed by atoms with van der Waals surface area (Å²) in [6.07, 6.45) is -2.63. The lowest BCUT2D eigenvalue weighted by Crippen LogP contribution is -2.21. The van der Waals surface area contributed by atoms with Crippen LogP contribution in [0.4, 0.5) is 24.5 Å². The molecule has 0 atom stereocenters. The van der Waals surface area contributed by atoms with Crippen molar-refractivity contribution in [1.29, 1.82) is 5.26 Å². The van der Waals surface area contributed by atoms with Gasteiger partial charge in [-0.3, -0.25) is 4.79 Å². The lowest BCUT2D eigenvalue weighted by molar-refractivity contribution is -0.192. The fourth-order valence-electron chi connectivity index (χ4n) is 2.02. The quantitative estimate of drug-likeness (QED) is 0.590. The van der Waals surface area contributed by atoms with Crippen LogP contribution in [-0.2, 0) is 9.59 Å². The molecule has 0 bridgehead atoms. The number of alkyl halides is 3. The number of unbranched alkanes of at least 4 members (excludes halogenated alkanes) is 1. The van der Waals surface area contributed by atoms with Crippen molar-refractivity contribution in [2.75, 3.05) is 23.8 Å². The number of benzene rings is 1. The largest absolute Gasteiger partial charge is 0.490 e. The Kier molecular flexibility index (Phi) is 10.8. The van der Waals surface area contributed by atoms with Crippen LogP contribution in [0.2, 0.25) is 0 Å². The SMILES string of the molecule is CCCCC(=O)Nc1ccc(N(C)CCC#N)c(C(=O)O)c1.O=C(O)C(F)(F)F. The molecule has 8 nitrogen and oxygen atoms in total. The second-order valence-electron chi connectivity index (χ2n) is 5.82. The highest BCUT2D eigenvalue weighted by atomic mass is 19.4.